The molecular weight excluding hydrogens is 411 g/mol. The zero-order chi connectivity index (χ0) is 21.7. The molecule has 1 N–H and O–H groups in total. The summed E-state index contributed by atoms with van der Waals surface area (Å²) in [4.78, 5) is 14.7. The molecule has 1 aliphatic rings. The number of para-hydroxylation sites is 1. The fraction of sp³-hybridized carbons (Fsp3) is 0.381. The Labute approximate surface area is 175 Å². The van der Waals surface area contributed by atoms with E-state index in [0.29, 0.717) is 13.1 Å². The molecule has 0 aromatic heterocycles. The zero-order valence-corrected chi connectivity index (χ0v) is 17.8. The fourth-order valence-electron chi connectivity index (χ4n) is 3.44. The molecule has 1 saturated heterocycles. The number of ether oxygens (including phenoxy) is 2. The molecule has 1 amide bonds. The maximum Gasteiger partial charge on any atom is 0.262 e. The summed E-state index contributed by atoms with van der Waals surface area (Å²) in [5.74, 6) is -0.763. The quantitative estimate of drug-likeness (QED) is 0.747. The third-order valence-electron chi connectivity index (χ3n) is 5.00. The highest BCUT2D eigenvalue weighted by atomic mass is 32.2. The molecule has 0 spiro atoms. The van der Waals surface area contributed by atoms with Gasteiger partial charge < -0.3 is 14.4 Å². The molecule has 30 heavy (non-hydrogen) atoms. The van der Waals surface area contributed by atoms with Crippen molar-refractivity contribution >= 4 is 21.6 Å². The number of hydrogen-bond acceptors (Lipinski definition) is 5. The molecule has 0 radical (unpaired) electrons. The summed E-state index contributed by atoms with van der Waals surface area (Å²) in [5, 5.41) is 0. The van der Waals surface area contributed by atoms with Gasteiger partial charge in [0.05, 0.1) is 30.4 Å². The normalized spacial score (nSPS) is 14.7. The first-order valence-corrected chi connectivity index (χ1v) is 11.2. The maximum absolute atomic E-state index is 14.0. The van der Waals surface area contributed by atoms with Gasteiger partial charge in [-0.3, -0.25) is 9.52 Å². The Bertz CT molecular complexity index is 1020. The van der Waals surface area contributed by atoms with Gasteiger partial charge in [-0.15, -0.1) is 0 Å². The third-order valence-corrected chi connectivity index (χ3v) is 6.35. The Kier molecular flexibility index (Phi) is 6.81. The summed E-state index contributed by atoms with van der Waals surface area (Å²) in [6.45, 7) is 1.18. The van der Waals surface area contributed by atoms with E-state index in [2.05, 4.69) is 4.72 Å². The molecule has 0 unspecified atom stereocenters. The molecule has 2 aromatic rings. The highest BCUT2D eigenvalue weighted by Gasteiger charge is 2.27. The molecular formula is C21H25FN2O5S. The van der Waals surface area contributed by atoms with Gasteiger partial charge in [-0.1, -0.05) is 25.0 Å². The van der Waals surface area contributed by atoms with Crippen molar-refractivity contribution in [2.24, 2.45) is 0 Å². The Morgan fingerprint density at radius 2 is 1.70 bits per heavy atom. The van der Waals surface area contributed by atoms with Crippen molar-refractivity contribution in [3.63, 3.8) is 0 Å². The lowest BCUT2D eigenvalue weighted by Crippen LogP contribution is -2.32. The Morgan fingerprint density at radius 1 is 1.03 bits per heavy atom. The van der Waals surface area contributed by atoms with Crippen LogP contribution in [0.25, 0.3) is 0 Å². The number of anilines is 1. The number of rotatable bonds is 6. The number of carbonyl (C=O) groups excluding carboxylic acids is 1. The van der Waals surface area contributed by atoms with Crippen LogP contribution in [0, 0.1) is 5.82 Å². The lowest BCUT2D eigenvalue weighted by molar-refractivity contribution is 0.0757. The Morgan fingerprint density at radius 3 is 2.30 bits per heavy atom. The Hall–Kier alpha value is -2.81. The van der Waals surface area contributed by atoms with E-state index in [-0.39, 0.29) is 33.6 Å². The van der Waals surface area contributed by atoms with Crippen molar-refractivity contribution in [3.05, 3.63) is 47.8 Å². The summed E-state index contributed by atoms with van der Waals surface area (Å²) >= 11 is 0. The standard InChI is InChI=1S/C21H25FN2O5S/c1-28-19-14-15(30(26,27)23-18-10-6-5-9-17(18)22)13-16(20(19)29-2)21(25)24-11-7-3-4-8-12-24/h5-6,9-10,13-14,23H,3-4,7-8,11-12H2,1-2H3. The van der Waals surface area contributed by atoms with E-state index in [1.54, 1.807) is 4.90 Å². The van der Waals surface area contributed by atoms with Crippen LogP contribution in [-0.4, -0.2) is 46.5 Å². The van der Waals surface area contributed by atoms with Gasteiger partial charge in [-0.05, 0) is 31.0 Å². The molecule has 0 aliphatic carbocycles. The van der Waals surface area contributed by atoms with Crippen molar-refractivity contribution in [1.82, 2.24) is 4.90 Å². The van der Waals surface area contributed by atoms with Gasteiger partial charge in [-0.25, -0.2) is 12.8 Å². The van der Waals surface area contributed by atoms with Crippen molar-refractivity contribution in [2.75, 3.05) is 32.0 Å². The first-order valence-electron chi connectivity index (χ1n) is 9.70. The highest BCUT2D eigenvalue weighted by molar-refractivity contribution is 7.92. The average molecular weight is 437 g/mol. The second-order valence-corrected chi connectivity index (χ2v) is 8.68. The lowest BCUT2D eigenvalue weighted by atomic mass is 10.1. The number of halogens is 1. The van der Waals surface area contributed by atoms with E-state index in [0.717, 1.165) is 31.7 Å². The lowest BCUT2D eigenvalue weighted by Gasteiger charge is -2.23. The molecule has 0 saturated carbocycles. The minimum Gasteiger partial charge on any atom is -0.493 e. The summed E-state index contributed by atoms with van der Waals surface area (Å²) in [5.41, 5.74) is -0.0969. The predicted octanol–water partition coefficient (Wildman–Crippen LogP) is 3.66. The fourth-order valence-corrected chi connectivity index (χ4v) is 4.55. The van der Waals surface area contributed by atoms with E-state index in [1.165, 1.54) is 44.6 Å². The highest BCUT2D eigenvalue weighted by Crippen LogP contribution is 2.36. The van der Waals surface area contributed by atoms with Gasteiger partial charge in [-0.2, -0.15) is 0 Å². The Balaban J connectivity index is 2.04. The number of carbonyl (C=O) groups is 1. The van der Waals surface area contributed by atoms with Crippen LogP contribution in [0.5, 0.6) is 11.5 Å². The van der Waals surface area contributed by atoms with Crippen molar-refractivity contribution in [1.29, 1.82) is 0 Å². The van der Waals surface area contributed by atoms with Crippen molar-refractivity contribution < 1.29 is 27.1 Å². The first kappa shape index (κ1) is 21.9. The number of sulfonamides is 1. The van der Waals surface area contributed by atoms with Crippen LogP contribution in [0.3, 0.4) is 0 Å². The van der Waals surface area contributed by atoms with Crippen LogP contribution >= 0.6 is 0 Å². The number of likely N-dealkylation sites (tertiary alicyclic amines) is 1. The monoisotopic (exact) mass is 436 g/mol. The molecule has 2 aromatic carbocycles. The summed E-state index contributed by atoms with van der Waals surface area (Å²) < 4.78 is 52.7. The smallest absolute Gasteiger partial charge is 0.262 e. The number of nitrogens with zero attached hydrogens (tertiary/aromatic N) is 1. The summed E-state index contributed by atoms with van der Waals surface area (Å²) in [6.07, 6.45) is 3.87. The van der Waals surface area contributed by atoms with E-state index >= 15 is 0 Å². The van der Waals surface area contributed by atoms with Gasteiger partial charge >= 0.3 is 0 Å². The maximum atomic E-state index is 14.0. The summed E-state index contributed by atoms with van der Waals surface area (Å²) in [7, 11) is -1.43. The van der Waals surface area contributed by atoms with Gasteiger partial charge in [0.25, 0.3) is 15.9 Å². The van der Waals surface area contributed by atoms with E-state index in [1.807, 2.05) is 0 Å². The van der Waals surface area contributed by atoms with Crippen LogP contribution in [0.4, 0.5) is 10.1 Å². The number of nitrogens with one attached hydrogen (secondary N) is 1. The van der Waals surface area contributed by atoms with Crippen LogP contribution < -0.4 is 14.2 Å². The molecule has 162 valence electrons. The molecule has 3 rings (SSSR count). The van der Waals surface area contributed by atoms with Crippen LogP contribution in [0.2, 0.25) is 0 Å². The van der Waals surface area contributed by atoms with Crippen molar-refractivity contribution in [2.45, 2.75) is 30.6 Å². The largest absolute Gasteiger partial charge is 0.493 e. The van der Waals surface area contributed by atoms with E-state index < -0.39 is 15.8 Å². The van der Waals surface area contributed by atoms with Gasteiger partial charge in [0.2, 0.25) is 0 Å². The van der Waals surface area contributed by atoms with E-state index in [9.17, 15) is 17.6 Å². The van der Waals surface area contributed by atoms with Gasteiger partial charge in [0.1, 0.15) is 5.82 Å². The van der Waals surface area contributed by atoms with Gasteiger partial charge in [0, 0.05) is 19.2 Å². The minimum absolute atomic E-state index is 0.0904. The van der Waals surface area contributed by atoms with E-state index in [4.69, 9.17) is 9.47 Å². The third kappa shape index (κ3) is 4.67. The van der Waals surface area contributed by atoms with Crippen LogP contribution in [0.1, 0.15) is 36.0 Å². The SMILES string of the molecule is COc1cc(S(=O)(=O)Nc2ccccc2F)cc(C(=O)N2CCCCCC2)c1OC. The van der Waals surface area contributed by atoms with Gasteiger partial charge in [0.15, 0.2) is 11.5 Å². The number of benzene rings is 2. The molecule has 1 fully saturated rings. The molecule has 9 heteroatoms. The van der Waals surface area contributed by atoms with Crippen LogP contribution in [-0.2, 0) is 10.0 Å². The number of hydrogen-bond donors (Lipinski definition) is 1. The average Bonchev–Trinajstić information content (AvgIpc) is 3.03. The number of amides is 1. The zero-order valence-electron chi connectivity index (χ0n) is 17.0. The number of methoxy groups -OCH3 is 2. The van der Waals surface area contributed by atoms with Crippen molar-refractivity contribution in [3.8, 4) is 11.5 Å². The molecule has 0 atom stereocenters. The topological polar surface area (TPSA) is 84.9 Å². The predicted molar refractivity (Wildman–Crippen MR) is 111 cm³/mol. The molecule has 7 nitrogen and oxygen atoms in total. The molecule has 1 aliphatic heterocycles. The molecule has 0 bridgehead atoms. The summed E-state index contributed by atoms with van der Waals surface area (Å²) in [6, 6.07) is 7.95. The van der Waals surface area contributed by atoms with Crippen LogP contribution in [0.15, 0.2) is 41.3 Å². The molecule has 1 heterocycles. The second kappa shape index (κ2) is 9.34. The minimum atomic E-state index is -4.18. The first-order chi connectivity index (χ1) is 14.4. The second-order valence-electron chi connectivity index (χ2n) is 7.00.